The minimum atomic E-state index is 0.354. The van der Waals surface area contributed by atoms with Gasteiger partial charge in [-0.2, -0.15) is 0 Å². The van der Waals surface area contributed by atoms with Crippen LogP contribution in [0.15, 0.2) is 12.3 Å². The number of pyridine rings is 1. The summed E-state index contributed by atoms with van der Waals surface area (Å²) in [5.74, 6) is 0.845. The first kappa shape index (κ1) is 12.8. The van der Waals surface area contributed by atoms with E-state index in [-0.39, 0.29) is 0 Å². The lowest BCUT2D eigenvalue weighted by molar-refractivity contribution is 0.203. The first-order valence-electron chi connectivity index (χ1n) is 5.54. The molecule has 16 heavy (non-hydrogen) atoms. The van der Waals surface area contributed by atoms with Crippen LogP contribution in [0.4, 0.5) is 11.5 Å². The van der Waals surface area contributed by atoms with Crippen LogP contribution >= 0.6 is 0 Å². The van der Waals surface area contributed by atoms with Crippen molar-refractivity contribution in [3.63, 3.8) is 0 Å². The predicted molar refractivity (Wildman–Crippen MR) is 67.7 cm³/mol. The van der Waals surface area contributed by atoms with Crippen LogP contribution in [-0.2, 0) is 4.74 Å². The molecule has 0 saturated carbocycles. The molecular formula is C12H21N3O. The van der Waals surface area contributed by atoms with Crippen LogP contribution in [0.3, 0.4) is 0 Å². The quantitative estimate of drug-likeness (QED) is 0.827. The maximum absolute atomic E-state index is 5.99. The Kier molecular flexibility index (Phi) is 4.55. The molecule has 0 aliphatic heterocycles. The number of hydrogen-bond acceptors (Lipinski definition) is 4. The first-order valence-corrected chi connectivity index (χ1v) is 5.54. The SMILES string of the molecule is COCCN(c1ncc(C)cc1N)C(C)C. The Morgan fingerprint density at radius 3 is 2.69 bits per heavy atom. The third kappa shape index (κ3) is 3.10. The van der Waals surface area contributed by atoms with Crippen LogP contribution in [-0.4, -0.2) is 31.3 Å². The largest absolute Gasteiger partial charge is 0.396 e. The molecule has 0 aliphatic carbocycles. The summed E-state index contributed by atoms with van der Waals surface area (Å²) in [6.07, 6.45) is 1.84. The van der Waals surface area contributed by atoms with Crippen molar-refractivity contribution in [2.75, 3.05) is 30.9 Å². The minimum absolute atomic E-state index is 0.354. The van der Waals surface area contributed by atoms with Gasteiger partial charge in [0.25, 0.3) is 0 Å². The zero-order chi connectivity index (χ0) is 12.1. The number of aromatic nitrogens is 1. The fourth-order valence-corrected chi connectivity index (χ4v) is 1.62. The Morgan fingerprint density at radius 2 is 2.19 bits per heavy atom. The third-order valence-electron chi connectivity index (χ3n) is 2.46. The lowest BCUT2D eigenvalue weighted by Crippen LogP contribution is -2.35. The highest BCUT2D eigenvalue weighted by Gasteiger charge is 2.14. The van der Waals surface area contributed by atoms with Crippen LogP contribution in [0, 0.1) is 6.92 Å². The number of methoxy groups -OCH3 is 1. The molecule has 0 fully saturated rings. The van der Waals surface area contributed by atoms with Crippen LogP contribution in [0.25, 0.3) is 0 Å². The minimum Gasteiger partial charge on any atom is -0.396 e. The van der Waals surface area contributed by atoms with E-state index < -0.39 is 0 Å². The predicted octanol–water partition coefficient (Wildman–Crippen LogP) is 1.83. The molecule has 0 unspecified atom stereocenters. The Bertz CT molecular complexity index is 339. The van der Waals surface area contributed by atoms with Crippen LogP contribution in [0.2, 0.25) is 0 Å². The maximum Gasteiger partial charge on any atom is 0.152 e. The summed E-state index contributed by atoms with van der Waals surface area (Å²) in [7, 11) is 1.70. The van der Waals surface area contributed by atoms with E-state index in [2.05, 4.69) is 23.7 Å². The molecular weight excluding hydrogens is 202 g/mol. The number of anilines is 2. The Labute approximate surface area is 97.4 Å². The van der Waals surface area contributed by atoms with Gasteiger partial charge in [0.1, 0.15) is 0 Å². The van der Waals surface area contributed by atoms with Gasteiger partial charge in [0.2, 0.25) is 0 Å². The number of aryl methyl sites for hydroxylation is 1. The summed E-state index contributed by atoms with van der Waals surface area (Å²) in [5.41, 5.74) is 7.79. The van der Waals surface area contributed by atoms with Crippen molar-refractivity contribution in [2.24, 2.45) is 0 Å². The van der Waals surface area contributed by atoms with E-state index in [0.717, 1.165) is 23.6 Å². The Balaban J connectivity index is 2.92. The van der Waals surface area contributed by atoms with Crippen LogP contribution in [0.1, 0.15) is 19.4 Å². The van der Waals surface area contributed by atoms with Gasteiger partial charge < -0.3 is 15.4 Å². The number of hydrogen-bond donors (Lipinski definition) is 1. The molecule has 1 heterocycles. The average Bonchev–Trinajstić information content (AvgIpc) is 2.20. The van der Waals surface area contributed by atoms with E-state index in [4.69, 9.17) is 10.5 Å². The highest BCUT2D eigenvalue weighted by atomic mass is 16.5. The molecule has 4 heteroatoms. The molecule has 90 valence electrons. The molecule has 1 aromatic heterocycles. The lowest BCUT2D eigenvalue weighted by Gasteiger charge is -2.28. The average molecular weight is 223 g/mol. The van der Waals surface area contributed by atoms with Crippen molar-refractivity contribution >= 4 is 11.5 Å². The summed E-state index contributed by atoms with van der Waals surface area (Å²) in [6.45, 7) is 7.71. The number of nitrogens with zero attached hydrogens (tertiary/aromatic N) is 2. The Morgan fingerprint density at radius 1 is 1.50 bits per heavy atom. The third-order valence-corrected chi connectivity index (χ3v) is 2.46. The smallest absolute Gasteiger partial charge is 0.152 e. The molecule has 0 bridgehead atoms. The van der Waals surface area contributed by atoms with Gasteiger partial charge in [-0.3, -0.25) is 0 Å². The molecule has 2 N–H and O–H groups in total. The molecule has 0 aromatic carbocycles. The van der Waals surface area contributed by atoms with Crippen molar-refractivity contribution < 1.29 is 4.74 Å². The zero-order valence-electron chi connectivity index (χ0n) is 10.5. The maximum atomic E-state index is 5.99. The molecule has 0 radical (unpaired) electrons. The highest BCUT2D eigenvalue weighted by molar-refractivity contribution is 5.63. The van der Waals surface area contributed by atoms with Gasteiger partial charge in [-0.1, -0.05) is 0 Å². The van der Waals surface area contributed by atoms with E-state index in [9.17, 15) is 0 Å². The fraction of sp³-hybridized carbons (Fsp3) is 0.583. The monoisotopic (exact) mass is 223 g/mol. The van der Waals surface area contributed by atoms with Gasteiger partial charge in [0.15, 0.2) is 5.82 Å². The number of nitrogens with two attached hydrogens (primary N) is 1. The van der Waals surface area contributed by atoms with Crippen molar-refractivity contribution in [3.05, 3.63) is 17.8 Å². The van der Waals surface area contributed by atoms with Gasteiger partial charge in [-0.25, -0.2) is 4.98 Å². The number of ether oxygens (including phenoxy) is 1. The van der Waals surface area contributed by atoms with E-state index in [1.54, 1.807) is 7.11 Å². The number of nitrogen functional groups attached to an aromatic ring is 1. The van der Waals surface area contributed by atoms with E-state index in [1.165, 1.54) is 0 Å². The molecule has 0 amide bonds. The van der Waals surface area contributed by atoms with Crippen molar-refractivity contribution in [1.82, 2.24) is 4.98 Å². The molecule has 1 aromatic rings. The van der Waals surface area contributed by atoms with E-state index in [1.807, 2.05) is 19.2 Å². The topological polar surface area (TPSA) is 51.4 Å². The summed E-state index contributed by atoms with van der Waals surface area (Å²) in [4.78, 5) is 6.55. The standard InChI is InChI=1S/C12H21N3O/c1-9(2)15(5-6-16-4)12-11(13)7-10(3)8-14-12/h7-9H,5-6,13H2,1-4H3. The second-order valence-electron chi connectivity index (χ2n) is 4.21. The van der Waals surface area contributed by atoms with Gasteiger partial charge in [0, 0.05) is 25.9 Å². The van der Waals surface area contributed by atoms with Crippen LogP contribution < -0.4 is 10.6 Å². The number of rotatable bonds is 5. The normalized spacial score (nSPS) is 10.8. The summed E-state index contributed by atoms with van der Waals surface area (Å²) in [5, 5.41) is 0. The molecule has 1 rings (SSSR count). The molecule has 0 spiro atoms. The van der Waals surface area contributed by atoms with E-state index in [0.29, 0.717) is 12.6 Å². The fourth-order valence-electron chi connectivity index (χ4n) is 1.62. The Hall–Kier alpha value is -1.29. The lowest BCUT2D eigenvalue weighted by atomic mass is 10.2. The highest BCUT2D eigenvalue weighted by Crippen LogP contribution is 2.22. The molecule has 0 saturated heterocycles. The molecule has 0 atom stereocenters. The van der Waals surface area contributed by atoms with Gasteiger partial charge in [-0.15, -0.1) is 0 Å². The van der Waals surface area contributed by atoms with Gasteiger partial charge in [-0.05, 0) is 32.4 Å². The molecule has 4 nitrogen and oxygen atoms in total. The van der Waals surface area contributed by atoms with Crippen molar-refractivity contribution in [2.45, 2.75) is 26.8 Å². The summed E-state index contributed by atoms with van der Waals surface area (Å²) < 4.78 is 5.10. The summed E-state index contributed by atoms with van der Waals surface area (Å²) in [6, 6.07) is 2.30. The molecule has 0 aliphatic rings. The van der Waals surface area contributed by atoms with Gasteiger partial charge >= 0.3 is 0 Å². The van der Waals surface area contributed by atoms with Crippen molar-refractivity contribution in [1.29, 1.82) is 0 Å². The second-order valence-corrected chi connectivity index (χ2v) is 4.21. The zero-order valence-corrected chi connectivity index (χ0v) is 10.5. The van der Waals surface area contributed by atoms with E-state index >= 15 is 0 Å². The van der Waals surface area contributed by atoms with Gasteiger partial charge in [0.05, 0.1) is 12.3 Å². The first-order chi connectivity index (χ1) is 7.56. The second kappa shape index (κ2) is 5.70. The van der Waals surface area contributed by atoms with Crippen LogP contribution in [0.5, 0.6) is 0 Å². The summed E-state index contributed by atoms with van der Waals surface area (Å²) >= 11 is 0. The van der Waals surface area contributed by atoms with Crippen molar-refractivity contribution in [3.8, 4) is 0 Å².